The van der Waals surface area contributed by atoms with E-state index in [-0.39, 0.29) is 18.3 Å². The summed E-state index contributed by atoms with van der Waals surface area (Å²) in [6, 6.07) is 5.34. The molecule has 3 rings (SSSR count). The number of fused-ring (bicyclic) bond motifs is 1. The molecule has 0 N–H and O–H groups in total. The third-order valence-corrected chi connectivity index (χ3v) is 3.77. The van der Waals surface area contributed by atoms with Gasteiger partial charge in [-0.25, -0.2) is 4.79 Å². The second-order valence-corrected chi connectivity index (χ2v) is 4.99. The Hall–Kier alpha value is -2.76. The molecule has 114 valence electrons. The summed E-state index contributed by atoms with van der Waals surface area (Å²) in [6.45, 7) is 1.90. The minimum absolute atomic E-state index is 0.184. The Labute approximate surface area is 127 Å². The number of benzene rings is 1. The molecular formula is C16H15NO5. The Morgan fingerprint density at radius 3 is 2.77 bits per heavy atom. The molecule has 0 aliphatic carbocycles. The quantitative estimate of drug-likeness (QED) is 0.614. The summed E-state index contributed by atoms with van der Waals surface area (Å²) in [5.41, 5.74) is 1.92. The summed E-state index contributed by atoms with van der Waals surface area (Å²) in [7, 11) is 2.92. The number of carbonyl (C=O) groups is 2. The van der Waals surface area contributed by atoms with Crippen LogP contribution in [-0.2, 0) is 14.3 Å². The number of likely N-dealkylation sites (N-methyl/N-ethyl adjacent to an activating group) is 1. The van der Waals surface area contributed by atoms with Crippen LogP contribution in [0.5, 0.6) is 11.5 Å². The summed E-state index contributed by atoms with van der Waals surface area (Å²) in [6.07, 6.45) is 1.66. The molecule has 22 heavy (non-hydrogen) atoms. The molecule has 6 nitrogen and oxygen atoms in total. The SMILES string of the molecule is COC(=O)C1=C(C)N(C)C(=O)C1=Cc1ccc2c(c1)OCO2. The first-order valence-electron chi connectivity index (χ1n) is 6.72. The summed E-state index contributed by atoms with van der Waals surface area (Å²) in [4.78, 5) is 25.7. The molecule has 1 aromatic rings. The van der Waals surface area contributed by atoms with Gasteiger partial charge in [0.2, 0.25) is 6.79 Å². The second-order valence-electron chi connectivity index (χ2n) is 4.99. The van der Waals surface area contributed by atoms with Gasteiger partial charge in [0.15, 0.2) is 11.5 Å². The summed E-state index contributed by atoms with van der Waals surface area (Å²) in [5, 5.41) is 0. The number of ether oxygens (including phenoxy) is 3. The molecule has 1 aromatic carbocycles. The number of esters is 1. The first-order chi connectivity index (χ1) is 10.5. The predicted molar refractivity (Wildman–Crippen MR) is 78.0 cm³/mol. The fraction of sp³-hybridized carbons (Fsp3) is 0.250. The smallest absolute Gasteiger partial charge is 0.340 e. The van der Waals surface area contributed by atoms with Crippen molar-refractivity contribution >= 4 is 18.0 Å². The number of methoxy groups -OCH3 is 1. The molecule has 0 bridgehead atoms. The highest BCUT2D eigenvalue weighted by Crippen LogP contribution is 2.35. The molecule has 2 aliphatic rings. The molecule has 0 radical (unpaired) electrons. The van der Waals surface area contributed by atoms with Crippen LogP contribution in [0.2, 0.25) is 0 Å². The Morgan fingerprint density at radius 1 is 1.32 bits per heavy atom. The molecule has 0 atom stereocenters. The van der Waals surface area contributed by atoms with E-state index in [9.17, 15) is 9.59 Å². The van der Waals surface area contributed by atoms with Crippen molar-refractivity contribution in [1.82, 2.24) is 4.90 Å². The van der Waals surface area contributed by atoms with Gasteiger partial charge in [-0.15, -0.1) is 0 Å². The van der Waals surface area contributed by atoms with Crippen molar-refractivity contribution in [2.75, 3.05) is 21.0 Å². The van der Waals surface area contributed by atoms with Crippen molar-refractivity contribution < 1.29 is 23.8 Å². The molecule has 1 amide bonds. The lowest BCUT2D eigenvalue weighted by molar-refractivity contribution is -0.136. The first kappa shape index (κ1) is 14.2. The van der Waals surface area contributed by atoms with Crippen LogP contribution in [0.25, 0.3) is 6.08 Å². The molecule has 2 aliphatic heterocycles. The van der Waals surface area contributed by atoms with Gasteiger partial charge < -0.3 is 19.1 Å². The maximum atomic E-state index is 12.3. The van der Waals surface area contributed by atoms with Crippen molar-refractivity contribution in [3.8, 4) is 11.5 Å². The van der Waals surface area contributed by atoms with E-state index in [0.717, 1.165) is 5.56 Å². The highest BCUT2D eigenvalue weighted by Gasteiger charge is 2.34. The fourth-order valence-corrected chi connectivity index (χ4v) is 2.47. The van der Waals surface area contributed by atoms with Crippen molar-refractivity contribution in [2.45, 2.75) is 6.92 Å². The summed E-state index contributed by atoms with van der Waals surface area (Å²) < 4.78 is 15.4. The minimum atomic E-state index is -0.526. The number of hydrogen-bond donors (Lipinski definition) is 0. The van der Waals surface area contributed by atoms with Gasteiger partial charge in [-0.3, -0.25) is 4.79 Å². The van der Waals surface area contributed by atoms with E-state index in [4.69, 9.17) is 14.2 Å². The molecule has 0 saturated heterocycles. The fourth-order valence-electron chi connectivity index (χ4n) is 2.47. The topological polar surface area (TPSA) is 65.1 Å². The average molecular weight is 301 g/mol. The average Bonchev–Trinajstić information content (AvgIpc) is 3.06. The van der Waals surface area contributed by atoms with Gasteiger partial charge in [-0.2, -0.15) is 0 Å². The van der Waals surface area contributed by atoms with Crippen LogP contribution in [0.15, 0.2) is 35.0 Å². The Balaban J connectivity index is 2.05. The van der Waals surface area contributed by atoms with Gasteiger partial charge >= 0.3 is 5.97 Å². The largest absolute Gasteiger partial charge is 0.465 e. The molecule has 0 unspecified atom stereocenters. The van der Waals surface area contributed by atoms with E-state index >= 15 is 0 Å². The molecular weight excluding hydrogens is 286 g/mol. The number of amides is 1. The molecule has 6 heteroatoms. The second kappa shape index (κ2) is 5.22. The zero-order valence-corrected chi connectivity index (χ0v) is 12.5. The zero-order chi connectivity index (χ0) is 15.9. The van der Waals surface area contributed by atoms with E-state index in [1.807, 2.05) is 0 Å². The first-order valence-corrected chi connectivity index (χ1v) is 6.72. The highest BCUT2D eigenvalue weighted by atomic mass is 16.7. The van der Waals surface area contributed by atoms with Crippen LogP contribution >= 0.6 is 0 Å². The predicted octanol–water partition coefficient (Wildman–Crippen LogP) is 1.72. The van der Waals surface area contributed by atoms with Gasteiger partial charge in [-0.1, -0.05) is 6.07 Å². The third kappa shape index (κ3) is 2.13. The normalized spacial score (nSPS) is 18.4. The lowest BCUT2D eigenvalue weighted by Crippen LogP contribution is -2.19. The molecule has 2 heterocycles. The third-order valence-electron chi connectivity index (χ3n) is 3.77. The van der Waals surface area contributed by atoms with Crippen molar-refractivity contribution in [2.24, 2.45) is 0 Å². The number of hydrogen-bond acceptors (Lipinski definition) is 5. The Kier molecular flexibility index (Phi) is 3.36. The number of allylic oxidation sites excluding steroid dienone is 1. The summed E-state index contributed by atoms with van der Waals surface area (Å²) >= 11 is 0. The van der Waals surface area contributed by atoms with Crippen LogP contribution in [0.4, 0.5) is 0 Å². The summed E-state index contributed by atoms with van der Waals surface area (Å²) in [5.74, 6) is 0.517. The number of carbonyl (C=O) groups excluding carboxylic acids is 2. The zero-order valence-electron chi connectivity index (χ0n) is 12.5. The van der Waals surface area contributed by atoms with Gasteiger partial charge in [0.05, 0.1) is 18.3 Å². The molecule has 0 saturated carbocycles. The van der Waals surface area contributed by atoms with Crippen LogP contribution in [0, 0.1) is 0 Å². The molecule has 0 aromatic heterocycles. The van der Waals surface area contributed by atoms with Crippen molar-refractivity contribution in [1.29, 1.82) is 0 Å². The van der Waals surface area contributed by atoms with Crippen LogP contribution in [0.1, 0.15) is 12.5 Å². The van der Waals surface area contributed by atoms with Crippen LogP contribution in [-0.4, -0.2) is 37.7 Å². The van der Waals surface area contributed by atoms with Gasteiger partial charge in [0.1, 0.15) is 0 Å². The van der Waals surface area contributed by atoms with Gasteiger partial charge in [0.25, 0.3) is 5.91 Å². The highest BCUT2D eigenvalue weighted by molar-refractivity contribution is 6.16. The van der Waals surface area contributed by atoms with E-state index in [1.165, 1.54) is 12.0 Å². The lowest BCUT2D eigenvalue weighted by atomic mass is 10.0. The van der Waals surface area contributed by atoms with Crippen LogP contribution < -0.4 is 9.47 Å². The monoisotopic (exact) mass is 301 g/mol. The van der Waals surface area contributed by atoms with E-state index in [1.54, 1.807) is 38.2 Å². The van der Waals surface area contributed by atoms with Gasteiger partial charge in [0, 0.05) is 12.7 Å². The Bertz CT molecular complexity index is 732. The maximum Gasteiger partial charge on any atom is 0.340 e. The number of nitrogens with zero attached hydrogens (tertiary/aromatic N) is 1. The Morgan fingerprint density at radius 2 is 2.05 bits per heavy atom. The number of rotatable bonds is 2. The maximum absolute atomic E-state index is 12.3. The van der Waals surface area contributed by atoms with E-state index in [2.05, 4.69) is 0 Å². The van der Waals surface area contributed by atoms with Crippen molar-refractivity contribution in [3.63, 3.8) is 0 Å². The van der Waals surface area contributed by atoms with Crippen LogP contribution in [0.3, 0.4) is 0 Å². The molecule has 0 fully saturated rings. The van der Waals surface area contributed by atoms with Crippen molar-refractivity contribution in [3.05, 3.63) is 40.6 Å². The standard InChI is InChI=1S/C16H15NO5/c1-9-14(16(19)20-3)11(15(18)17(9)2)6-10-4-5-12-13(7-10)22-8-21-12/h4-7H,8H2,1-3H3. The van der Waals surface area contributed by atoms with E-state index < -0.39 is 5.97 Å². The molecule has 0 spiro atoms. The van der Waals surface area contributed by atoms with Gasteiger partial charge in [-0.05, 0) is 30.7 Å². The minimum Gasteiger partial charge on any atom is -0.465 e. The lowest BCUT2D eigenvalue weighted by Gasteiger charge is -2.08. The van der Waals surface area contributed by atoms with E-state index in [0.29, 0.717) is 22.8 Å².